The van der Waals surface area contributed by atoms with Crippen LogP contribution >= 0.6 is 0 Å². The van der Waals surface area contributed by atoms with Gasteiger partial charge in [-0.15, -0.1) is 4.40 Å². The van der Waals surface area contributed by atoms with Crippen LogP contribution in [0.4, 0.5) is 5.69 Å². The Balaban J connectivity index is 2.49. The molecule has 3 N–H and O–H groups in total. The van der Waals surface area contributed by atoms with Gasteiger partial charge in [-0.2, -0.15) is 8.42 Å². The normalized spacial score (nSPS) is 16.9. The lowest BCUT2D eigenvalue weighted by Crippen LogP contribution is -2.27. The van der Waals surface area contributed by atoms with Crippen LogP contribution in [0, 0.1) is 0 Å². The number of anilines is 1. The molecule has 0 unspecified atom stereocenters. The fourth-order valence-corrected chi connectivity index (χ4v) is 2.50. The van der Waals surface area contributed by atoms with E-state index in [1.807, 2.05) is 13.0 Å². The van der Waals surface area contributed by atoms with Gasteiger partial charge >= 0.3 is 10.2 Å². The van der Waals surface area contributed by atoms with Crippen LogP contribution in [0.5, 0.6) is 0 Å². The number of nitrogens with one attached hydrogen (secondary N) is 1. The number of ether oxygens (including phenoxy) is 1. The molecule has 0 saturated heterocycles. The van der Waals surface area contributed by atoms with Gasteiger partial charge in [-0.1, -0.05) is 12.1 Å². The summed E-state index contributed by atoms with van der Waals surface area (Å²) in [6, 6.07) is 5.22. The summed E-state index contributed by atoms with van der Waals surface area (Å²) in [4.78, 5) is 0. The topological polar surface area (TPSA) is 93.8 Å². The summed E-state index contributed by atoms with van der Waals surface area (Å²) >= 11 is 0. The molecule has 0 fully saturated rings. The molecule has 2 rings (SSSR count). The minimum Gasteiger partial charge on any atom is -0.382 e. The van der Waals surface area contributed by atoms with Crippen molar-refractivity contribution in [3.8, 4) is 0 Å². The molecule has 0 aromatic heterocycles. The van der Waals surface area contributed by atoms with E-state index in [-0.39, 0.29) is 5.84 Å². The van der Waals surface area contributed by atoms with E-state index in [0.29, 0.717) is 24.5 Å². The van der Waals surface area contributed by atoms with Gasteiger partial charge in [0.2, 0.25) is 0 Å². The Morgan fingerprint density at radius 2 is 2.24 bits per heavy atom. The minimum atomic E-state index is -3.71. The van der Waals surface area contributed by atoms with Crippen LogP contribution in [-0.4, -0.2) is 20.9 Å². The zero-order valence-electron chi connectivity index (χ0n) is 9.30. The number of nitrogens with zero attached hydrogens (tertiary/aromatic N) is 1. The third kappa shape index (κ3) is 2.40. The third-order valence-electron chi connectivity index (χ3n) is 2.33. The first-order valence-electron chi connectivity index (χ1n) is 5.11. The monoisotopic (exact) mass is 255 g/mol. The SMILES string of the molecule is CCOCc1cccc2c1C(N)=NS(=O)(=O)N2. The quantitative estimate of drug-likeness (QED) is 0.827. The maximum Gasteiger partial charge on any atom is 0.344 e. The maximum atomic E-state index is 11.3. The molecular weight excluding hydrogens is 242 g/mol. The van der Waals surface area contributed by atoms with Gasteiger partial charge in [0.15, 0.2) is 0 Å². The van der Waals surface area contributed by atoms with Crippen LogP contribution in [0.15, 0.2) is 22.6 Å². The lowest BCUT2D eigenvalue weighted by atomic mass is 10.1. The fourth-order valence-electron chi connectivity index (χ4n) is 1.66. The molecular formula is C10H13N3O3S. The average molecular weight is 255 g/mol. The minimum absolute atomic E-state index is 0.00551. The van der Waals surface area contributed by atoms with Crippen molar-refractivity contribution in [2.75, 3.05) is 11.3 Å². The van der Waals surface area contributed by atoms with E-state index in [0.717, 1.165) is 5.56 Å². The van der Waals surface area contributed by atoms with Crippen molar-refractivity contribution in [1.29, 1.82) is 0 Å². The van der Waals surface area contributed by atoms with E-state index in [4.69, 9.17) is 10.5 Å². The van der Waals surface area contributed by atoms with Gasteiger partial charge in [0.1, 0.15) is 5.84 Å². The van der Waals surface area contributed by atoms with Crippen LogP contribution in [0.1, 0.15) is 18.1 Å². The Labute approximate surface area is 99.7 Å². The summed E-state index contributed by atoms with van der Waals surface area (Å²) < 4.78 is 33.7. The predicted molar refractivity (Wildman–Crippen MR) is 65.0 cm³/mol. The molecule has 0 atom stereocenters. The molecule has 1 aliphatic heterocycles. The van der Waals surface area contributed by atoms with Crippen LogP contribution < -0.4 is 10.5 Å². The number of nitrogens with two attached hydrogens (primary N) is 1. The van der Waals surface area contributed by atoms with Gasteiger partial charge in [-0.25, -0.2) is 0 Å². The maximum absolute atomic E-state index is 11.3. The van der Waals surface area contributed by atoms with Gasteiger partial charge in [-0.05, 0) is 18.6 Å². The fraction of sp³-hybridized carbons (Fsp3) is 0.300. The molecule has 0 radical (unpaired) electrons. The highest BCUT2D eigenvalue weighted by Crippen LogP contribution is 2.25. The molecule has 0 saturated carbocycles. The summed E-state index contributed by atoms with van der Waals surface area (Å²) in [5, 5.41) is 0. The first-order chi connectivity index (χ1) is 8.03. The second-order valence-corrected chi connectivity index (χ2v) is 4.87. The molecule has 1 aromatic rings. The van der Waals surface area contributed by atoms with E-state index in [1.165, 1.54) is 0 Å². The van der Waals surface area contributed by atoms with Gasteiger partial charge in [0.25, 0.3) is 0 Å². The molecule has 1 heterocycles. The summed E-state index contributed by atoms with van der Waals surface area (Å²) in [6.07, 6.45) is 0. The lowest BCUT2D eigenvalue weighted by molar-refractivity contribution is 0.134. The predicted octanol–water partition coefficient (Wildman–Crippen LogP) is 0.599. The van der Waals surface area contributed by atoms with Crippen LogP contribution in [0.25, 0.3) is 0 Å². The Morgan fingerprint density at radius 3 is 2.94 bits per heavy atom. The molecule has 17 heavy (non-hydrogen) atoms. The highest BCUT2D eigenvalue weighted by Gasteiger charge is 2.23. The van der Waals surface area contributed by atoms with Crippen molar-refractivity contribution in [2.24, 2.45) is 10.1 Å². The van der Waals surface area contributed by atoms with Crippen molar-refractivity contribution in [2.45, 2.75) is 13.5 Å². The highest BCUT2D eigenvalue weighted by molar-refractivity contribution is 7.91. The molecule has 7 heteroatoms. The number of hydrogen-bond acceptors (Lipinski definition) is 4. The number of hydrogen-bond donors (Lipinski definition) is 2. The lowest BCUT2D eigenvalue weighted by Gasteiger charge is -2.18. The number of benzene rings is 1. The molecule has 1 aromatic carbocycles. The second kappa shape index (κ2) is 4.34. The highest BCUT2D eigenvalue weighted by atomic mass is 32.2. The Hall–Kier alpha value is -1.60. The molecule has 1 aliphatic rings. The van der Waals surface area contributed by atoms with Crippen molar-refractivity contribution in [1.82, 2.24) is 0 Å². The zero-order chi connectivity index (χ0) is 12.5. The molecule has 0 bridgehead atoms. The van der Waals surface area contributed by atoms with E-state index >= 15 is 0 Å². The number of amidine groups is 1. The van der Waals surface area contributed by atoms with Crippen LogP contribution in [0.3, 0.4) is 0 Å². The largest absolute Gasteiger partial charge is 0.382 e. The average Bonchev–Trinajstić information content (AvgIpc) is 2.23. The summed E-state index contributed by atoms with van der Waals surface area (Å²) in [7, 11) is -3.71. The molecule has 0 amide bonds. The van der Waals surface area contributed by atoms with E-state index < -0.39 is 10.2 Å². The number of fused-ring (bicyclic) bond motifs is 1. The molecule has 6 nitrogen and oxygen atoms in total. The van der Waals surface area contributed by atoms with Crippen LogP contribution in [-0.2, 0) is 21.6 Å². The summed E-state index contributed by atoms with van der Waals surface area (Å²) in [5.41, 5.74) is 7.52. The Bertz CT molecular complexity index is 566. The van der Waals surface area contributed by atoms with Gasteiger partial charge in [0.05, 0.1) is 12.3 Å². The van der Waals surface area contributed by atoms with Crippen LogP contribution in [0.2, 0.25) is 0 Å². The molecule has 0 aliphatic carbocycles. The van der Waals surface area contributed by atoms with E-state index in [9.17, 15) is 8.42 Å². The first kappa shape index (κ1) is 11.9. The molecule has 92 valence electrons. The zero-order valence-corrected chi connectivity index (χ0v) is 10.1. The smallest absolute Gasteiger partial charge is 0.344 e. The first-order valence-corrected chi connectivity index (χ1v) is 6.55. The van der Waals surface area contributed by atoms with E-state index in [1.54, 1.807) is 12.1 Å². The summed E-state index contributed by atoms with van der Waals surface area (Å²) in [6.45, 7) is 2.83. The third-order valence-corrected chi connectivity index (χ3v) is 3.24. The summed E-state index contributed by atoms with van der Waals surface area (Å²) in [5.74, 6) is -0.00551. The van der Waals surface area contributed by atoms with E-state index in [2.05, 4.69) is 9.12 Å². The second-order valence-electron chi connectivity index (χ2n) is 3.53. The molecule has 0 spiro atoms. The van der Waals surface area contributed by atoms with Gasteiger partial charge in [0, 0.05) is 12.2 Å². The van der Waals surface area contributed by atoms with Crippen molar-refractivity contribution >= 4 is 21.7 Å². The number of rotatable bonds is 3. The Morgan fingerprint density at radius 1 is 1.47 bits per heavy atom. The Kier molecular flexibility index (Phi) is 3.03. The van der Waals surface area contributed by atoms with Gasteiger partial charge < -0.3 is 10.5 Å². The van der Waals surface area contributed by atoms with Crippen molar-refractivity contribution in [3.05, 3.63) is 29.3 Å². The standard InChI is InChI=1S/C10H13N3O3S/c1-2-16-6-7-4-3-5-8-9(7)10(11)13-17(14,15)12-8/h3-5,12H,2,6H2,1H3,(H2,11,13). The van der Waals surface area contributed by atoms with Gasteiger partial charge in [-0.3, -0.25) is 4.72 Å². The van der Waals surface area contributed by atoms with Crippen molar-refractivity contribution in [3.63, 3.8) is 0 Å². The van der Waals surface area contributed by atoms with Crippen molar-refractivity contribution < 1.29 is 13.2 Å².